The summed E-state index contributed by atoms with van der Waals surface area (Å²) in [6, 6.07) is 5.50. The number of hydrogen-bond acceptors (Lipinski definition) is 4. The van der Waals surface area contributed by atoms with Crippen LogP contribution in [-0.2, 0) is 5.41 Å². The summed E-state index contributed by atoms with van der Waals surface area (Å²) in [6.45, 7) is 5.50. The van der Waals surface area contributed by atoms with Crippen LogP contribution < -0.4 is 10.1 Å². The van der Waals surface area contributed by atoms with E-state index in [9.17, 15) is 18.0 Å². The summed E-state index contributed by atoms with van der Waals surface area (Å²) in [5.41, 5.74) is -1.10. The van der Waals surface area contributed by atoms with Gasteiger partial charge in [-0.15, -0.1) is 0 Å². The summed E-state index contributed by atoms with van der Waals surface area (Å²) in [4.78, 5) is 20.8. The minimum Gasteiger partial charge on any atom is -0.491 e. The first kappa shape index (κ1) is 20.2. The van der Waals surface area contributed by atoms with E-state index in [4.69, 9.17) is 4.74 Å². The molecule has 158 valence electrons. The van der Waals surface area contributed by atoms with E-state index >= 15 is 0 Å². The third kappa shape index (κ3) is 3.38. The molecule has 3 aromatic rings. The molecule has 2 atom stereocenters. The van der Waals surface area contributed by atoms with Crippen LogP contribution in [-0.4, -0.2) is 32.6 Å². The van der Waals surface area contributed by atoms with Crippen molar-refractivity contribution in [2.45, 2.75) is 44.7 Å². The van der Waals surface area contributed by atoms with Gasteiger partial charge in [-0.2, -0.15) is 0 Å². The Balaban J connectivity index is 1.68. The molecule has 4 rings (SSSR count). The zero-order valence-corrected chi connectivity index (χ0v) is 16.7. The molecule has 30 heavy (non-hydrogen) atoms. The molecule has 0 radical (unpaired) electrons. The van der Waals surface area contributed by atoms with Gasteiger partial charge in [0.25, 0.3) is 12.3 Å². The summed E-state index contributed by atoms with van der Waals surface area (Å²) in [5, 5.41) is 2.66. The van der Waals surface area contributed by atoms with Gasteiger partial charge in [0.2, 0.25) is 0 Å². The molecule has 1 saturated carbocycles. The SMILES string of the molecule is CCOc1cc2nc([C@]3(C)C[C@@]3(C)F)cn2cc1NC(=O)c1cccc(C(F)F)n1. The Morgan fingerprint density at radius 1 is 1.30 bits per heavy atom. The fourth-order valence-corrected chi connectivity index (χ4v) is 3.51. The van der Waals surface area contributed by atoms with E-state index < -0.39 is 29.1 Å². The second kappa shape index (κ2) is 7.00. The maximum atomic E-state index is 14.4. The predicted molar refractivity (Wildman–Crippen MR) is 105 cm³/mol. The van der Waals surface area contributed by atoms with Crippen LogP contribution in [0.25, 0.3) is 5.65 Å². The maximum Gasteiger partial charge on any atom is 0.280 e. The Kier molecular flexibility index (Phi) is 4.71. The molecule has 1 N–H and O–H groups in total. The molecular formula is C21H21F3N4O2. The van der Waals surface area contributed by atoms with Crippen molar-refractivity contribution in [3.05, 3.63) is 53.7 Å². The van der Waals surface area contributed by atoms with Crippen molar-refractivity contribution in [2.75, 3.05) is 11.9 Å². The van der Waals surface area contributed by atoms with Crippen LogP contribution in [0, 0.1) is 0 Å². The molecule has 6 nitrogen and oxygen atoms in total. The first-order valence-electron chi connectivity index (χ1n) is 9.56. The highest BCUT2D eigenvalue weighted by Crippen LogP contribution is 2.59. The Bertz CT molecular complexity index is 1130. The van der Waals surface area contributed by atoms with Crippen LogP contribution in [0.2, 0.25) is 0 Å². The summed E-state index contributed by atoms with van der Waals surface area (Å²) in [5.74, 6) is -0.284. The third-order valence-corrected chi connectivity index (χ3v) is 5.61. The normalized spacial score (nSPS) is 23.0. The second-order valence-electron chi connectivity index (χ2n) is 7.78. The van der Waals surface area contributed by atoms with Crippen molar-refractivity contribution in [2.24, 2.45) is 0 Å². The molecule has 1 aliphatic rings. The number of halogens is 3. The fraction of sp³-hybridized carbons (Fsp3) is 0.381. The molecule has 3 aromatic heterocycles. The van der Waals surface area contributed by atoms with E-state index in [-0.39, 0.29) is 5.69 Å². The van der Waals surface area contributed by atoms with E-state index in [2.05, 4.69) is 15.3 Å². The van der Waals surface area contributed by atoms with Crippen LogP contribution in [0.15, 0.2) is 36.7 Å². The number of pyridine rings is 2. The van der Waals surface area contributed by atoms with Gasteiger partial charge in [-0.05, 0) is 32.4 Å². The van der Waals surface area contributed by atoms with E-state index in [1.54, 1.807) is 36.7 Å². The molecule has 1 fully saturated rings. The Morgan fingerprint density at radius 3 is 2.67 bits per heavy atom. The predicted octanol–water partition coefficient (Wildman–Crippen LogP) is 4.71. The van der Waals surface area contributed by atoms with E-state index in [0.29, 0.717) is 35.8 Å². The highest BCUT2D eigenvalue weighted by Gasteiger charge is 2.64. The van der Waals surface area contributed by atoms with Gasteiger partial charge in [0.15, 0.2) is 0 Å². The van der Waals surface area contributed by atoms with Gasteiger partial charge >= 0.3 is 0 Å². The Hall–Kier alpha value is -3.10. The Labute approximate surface area is 171 Å². The lowest BCUT2D eigenvalue weighted by molar-refractivity contribution is 0.101. The lowest BCUT2D eigenvalue weighted by Gasteiger charge is -2.12. The molecule has 0 aromatic carbocycles. The molecule has 3 heterocycles. The lowest BCUT2D eigenvalue weighted by Crippen LogP contribution is -2.16. The number of amides is 1. The molecule has 9 heteroatoms. The number of nitrogens with one attached hydrogen (secondary N) is 1. The van der Waals surface area contributed by atoms with Crippen LogP contribution in [0.3, 0.4) is 0 Å². The number of hydrogen-bond donors (Lipinski definition) is 1. The maximum absolute atomic E-state index is 14.4. The van der Waals surface area contributed by atoms with Crippen LogP contribution >= 0.6 is 0 Å². The highest BCUT2D eigenvalue weighted by molar-refractivity contribution is 6.03. The fourth-order valence-electron chi connectivity index (χ4n) is 3.51. The van der Waals surface area contributed by atoms with Gasteiger partial charge in [-0.1, -0.05) is 13.0 Å². The summed E-state index contributed by atoms with van der Waals surface area (Å²) < 4.78 is 47.5. The number of carbonyl (C=O) groups excluding carboxylic acids is 1. The second-order valence-corrected chi connectivity index (χ2v) is 7.78. The van der Waals surface area contributed by atoms with Crippen molar-refractivity contribution >= 4 is 17.2 Å². The van der Waals surface area contributed by atoms with Crippen LogP contribution in [0.5, 0.6) is 5.75 Å². The van der Waals surface area contributed by atoms with Gasteiger partial charge in [0.05, 0.1) is 12.3 Å². The quantitative estimate of drug-likeness (QED) is 0.630. The van der Waals surface area contributed by atoms with Crippen molar-refractivity contribution in [3.8, 4) is 5.75 Å². The molecular weight excluding hydrogens is 397 g/mol. The van der Waals surface area contributed by atoms with Crippen molar-refractivity contribution in [1.29, 1.82) is 0 Å². The van der Waals surface area contributed by atoms with E-state index in [1.807, 2.05) is 6.92 Å². The zero-order chi connectivity index (χ0) is 21.7. The van der Waals surface area contributed by atoms with E-state index in [0.717, 1.165) is 6.07 Å². The van der Waals surface area contributed by atoms with Crippen LogP contribution in [0.4, 0.5) is 18.9 Å². The van der Waals surface area contributed by atoms with Crippen molar-refractivity contribution in [3.63, 3.8) is 0 Å². The standard InChI is InChI=1S/C21H21F3N4O2/c1-4-30-15-8-17-27-16(20(2)11-21(20,3)24)10-28(17)9-14(15)26-19(29)13-7-5-6-12(25-13)18(22)23/h5-10,18H,4,11H2,1-3H3,(H,26,29)/t20-,21+/m0/s1. The summed E-state index contributed by atoms with van der Waals surface area (Å²) in [7, 11) is 0. The van der Waals surface area contributed by atoms with Gasteiger partial charge in [0.1, 0.15) is 34.1 Å². The molecule has 1 amide bonds. The Morgan fingerprint density at radius 2 is 2.03 bits per heavy atom. The van der Waals surface area contributed by atoms with E-state index in [1.165, 1.54) is 12.1 Å². The number of ether oxygens (including phenoxy) is 1. The third-order valence-electron chi connectivity index (χ3n) is 5.61. The van der Waals surface area contributed by atoms with Gasteiger partial charge < -0.3 is 14.5 Å². The average Bonchev–Trinajstić information content (AvgIpc) is 3.00. The van der Waals surface area contributed by atoms with Gasteiger partial charge in [0, 0.05) is 23.9 Å². The minimum atomic E-state index is -2.78. The number of aromatic nitrogens is 3. The largest absolute Gasteiger partial charge is 0.491 e. The number of alkyl halides is 3. The molecule has 1 aliphatic carbocycles. The number of fused-ring (bicyclic) bond motifs is 1. The highest BCUT2D eigenvalue weighted by atomic mass is 19.3. The number of imidazole rings is 1. The first-order chi connectivity index (χ1) is 14.1. The molecule has 0 unspecified atom stereocenters. The smallest absolute Gasteiger partial charge is 0.280 e. The van der Waals surface area contributed by atoms with Gasteiger partial charge in [-0.3, -0.25) is 4.79 Å². The number of carbonyl (C=O) groups is 1. The summed E-state index contributed by atoms with van der Waals surface area (Å²) in [6.07, 6.45) is 0.939. The topological polar surface area (TPSA) is 68.5 Å². The monoisotopic (exact) mass is 418 g/mol. The van der Waals surface area contributed by atoms with Crippen molar-refractivity contribution < 1.29 is 22.7 Å². The first-order valence-corrected chi connectivity index (χ1v) is 9.56. The van der Waals surface area contributed by atoms with Crippen molar-refractivity contribution in [1.82, 2.24) is 14.4 Å². The number of nitrogens with zero attached hydrogens (tertiary/aromatic N) is 3. The zero-order valence-electron chi connectivity index (χ0n) is 16.7. The minimum absolute atomic E-state index is 0.139. The molecule has 0 bridgehead atoms. The molecule has 0 aliphatic heterocycles. The number of anilines is 1. The van der Waals surface area contributed by atoms with Gasteiger partial charge in [-0.25, -0.2) is 23.1 Å². The van der Waals surface area contributed by atoms with Crippen LogP contribution in [0.1, 0.15) is 55.5 Å². The molecule has 0 saturated heterocycles. The lowest BCUT2D eigenvalue weighted by atomic mass is 10.0. The molecule has 0 spiro atoms. The summed E-state index contributed by atoms with van der Waals surface area (Å²) >= 11 is 0. The number of rotatable bonds is 6. The average molecular weight is 418 g/mol.